The van der Waals surface area contributed by atoms with Crippen LogP contribution in [0, 0.1) is 11.8 Å². The number of piperidine rings is 1. The van der Waals surface area contributed by atoms with Gasteiger partial charge in [-0.15, -0.1) is 0 Å². The third kappa shape index (κ3) is 4.26. The van der Waals surface area contributed by atoms with Gasteiger partial charge in [0, 0.05) is 13.1 Å². The van der Waals surface area contributed by atoms with Crippen LogP contribution < -0.4 is 4.90 Å². The fourth-order valence-corrected chi connectivity index (χ4v) is 6.58. The number of fused-ring (bicyclic) bond motifs is 1. The van der Waals surface area contributed by atoms with Crippen LogP contribution in [-0.4, -0.2) is 69.3 Å². The molecule has 4 rings (SSSR count). The molecule has 1 saturated carbocycles. The molecule has 28 heavy (non-hydrogen) atoms. The van der Waals surface area contributed by atoms with Crippen LogP contribution in [0.15, 0.2) is 35.2 Å². The number of rotatable bonds is 4. The third-order valence-corrected chi connectivity index (χ3v) is 8.77. The molecule has 1 N–H and O–H groups in total. The summed E-state index contributed by atoms with van der Waals surface area (Å²) in [5.41, 5.74) is 0. The Bertz CT molecular complexity index is 775. The van der Waals surface area contributed by atoms with Gasteiger partial charge in [0.1, 0.15) is 0 Å². The zero-order valence-electron chi connectivity index (χ0n) is 16.6. The predicted molar refractivity (Wildman–Crippen MR) is 107 cm³/mol. The van der Waals surface area contributed by atoms with Gasteiger partial charge in [0.05, 0.1) is 31.1 Å². The molecule has 0 spiro atoms. The summed E-state index contributed by atoms with van der Waals surface area (Å²) in [5.74, 6) is 1.78. The highest BCUT2D eigenvalue weighted by molar-refractivity contribution is 7.89. The molecule has 2 heterocycles. The van der Waals surface area contributed by atoms with E-state index in [1.165, 1.54) is 30.6 Å². The second kappa shape index (κ2) is 8.51. The van der Waals surface area contributed by atoms with E-state index in [4.69, 9.17) is 0 Å². The molecule has 2 aliphatic heterocycles. The lowest BCUT2D eigenvalue weighted by Gasteiger charge is -2.41. The van der Waals surface area contributed by atoms with Gasteiger partial charge in [0.2, 0.25) is 10.0 Å². The van der Waals surface area contributed by atoms with Crippen LogP contribution >= 0.6 is 0 Å². The van der Waals surface area contributed by atoms with Crippen molar-refractivity contribution in [3.05, 3.63) is 30.3 Å². The number of hydrogen-bond donors (Lipinski definition) is 1. The number of nitrogens with one attached hydrogen (secondary N) is 1. The first-order valence-corrected chi connectivity index (χ1v) is 12.1. The number of sulfonamides is 1. The Labute approximate surface area is 168 Å². The average Bonchev–Trinajstić information content (AvgIpc) is 2.74. The molecule has 2 atom stereocenters. The van der Waals surface area contributed by atoms with Crippen molar-refractivity contribution in [2.45, 2.75) is 37.0 Å². The van der Waals surface area contributed by atoms with Crippen molar-refractivity contribution >= 4 is 15.9 Å². The lowest BCUT2D eigenvalue weighted by molar-refractivity contribution is -0.896. The highest BCUT2D eigenvalue weighted by Crippen LogP contribution is 2.35. The number of nitrogens with zero attached hydrogens (tertiary/aromatic N) is 2. The van der Waals surface area contributed by atoms with Crippen molar-refractivity contribution in [1.29, 1.82) is 0 Å². The van der Waals surface area contributed by atoms with Gasteiger partial charge in [0.25, 0.3) is 5.91 Å². The van der Waals surface area contributed by atoms with E-state index in [1.54, 1.807) is 28.6 Å². The van der Waals surface area contributed by atoms with E-state index in [0.29, 0.717) is 43.5 Å². The third-order valence-electron chi connectivity index (χ3n) is 6.86. The quantitative estimate of drug-likeness (QED) is 0.797. The maximum absolute atomic E-state index is 12.8. The van der Waals surface area contributed by atoms with Crippen molar-refractivity contribution in [2.24, 2.45) is 11.8 Å². The minimum absolute atomic E-state index is 0.249. The number of hydrogen-bond acceptors (Lipinski definition) is 3. The molecule has 1 aliphatic carbocycles. The number of carbonyl (C=O) groups excluding carboxylic acids is 1. The summed E-state index contributed by atoms with van der Waals surface area (Å²) in [7, 11) is -3.42. The van der Waals surface area contributed by atoms with Gasteiger partial charge in [-0.05, 0) is 36.8 Å². The second-order valence-electron chi connectivity index (χ2n) is 8.58. The molecule has 6 nitrogen and oxygen atoms in total. The van der Waals surface area contributed by atoms with Crippen LogP contribution in [-0.2, 0) is 14.8 Å². The molecule has 7 heteroatoms. The van der Waals surface area contributed by atoms with Gasteiger partial charge in [-0.25, -0.2) is 8.42 Å². The lowest BCUT2D eigenvalue weighted by Crippen LogP contribution is -3.15. The van der Waals surface area contributed by atoms with Crippen LogP contribution in [0.4, 0.5) is 0 Å². The van der Waals surface area contributed by atoms with Crippen molar-refractivity contribution in [3.8, 4) is 0 Å². The maximum atomic E-state index is 12.8. The zero-order valence-corrected chi connectivity index (χ0v) is 17.4. The normalized spacial score (nSPS) is 27.4. The first-order chi connectivity index (χ1) is 13.5. The summed E-state index contributed by atoms with van der Waals surface area (Å²) < 4.78 is 27.0. The molecule has 1 aromatic rings. The van der Waals surface area contributed by atoms with Crippen LogP contribution in [0.2, 0.25) is 0 Å². The Kier molecular flexibility index (Phi) is 6.04. The number of likely N-dealkylation sites (tertiary alicyclic amines) is 1. The van der Waals surface area contributed by atoms with Gasteiger partial charge in [-0.1, -0.05) is 37.5 Å². The lowest BCUT2D eigenvalue weighted by atomic mass is 9.75. The minimum atomic E-state index is -3.42. The van der Waals surface area contributed by atoms with Gasteiger partial charge < -0.3 is 9.80 Å². The molecular formula is C21H32N3O3S+. The molecule has 1 aromatic carbocycles. The topological polar surface area (TPSA) is 62.1 Å². The van der Waals surface area contributed by atoms with Crippen LogP contribution in [0.25, 0.3) is 0 Å². The van der Waals surface area contributed by atoms with E-state index in [2.05, 4.69) is 4.90 Å². The Hall–Kier alpha value is -1.44. The van der Waals surface area contributed by atoms with E-state index in [-0.39, 0.29) is 5.91 Å². The number of piperazine rings is 1. The molecule has 0 aromatic heterocycles. The number of quaternary nitrogens is 1. The second-order valence-corrected chi connectivity index (χ2v) is 10.5. The van der Waals surface area contributed by atoms with Gasteiger partial charge in [0.15, 0.2) is 6.54 Å². The summed E-state index contributed by atoms with van der Waals surface area (Å²) in [4.78, 5) is 16.4. The van der Waals surface area contributed by atoms with Crippen molar-refractivity contribution in [2.75, 3.05) is 45.8 Å². The largest absolute Gasteiger partial charge is 0.338 e. The molecule has 1 amide bonds. The van der Waals surface area contributed by atoms with E-state index in [1.807, 2.05) is 6.07 Å². The van der Waals surface area contributed by atoms with Crippen molar-refractivity contribution in [3.63, 3.8) is 0 Å². The SMILES string of the molecule is O=C(C[NH+]1CCN(S(=O)(=O)c2ccccc2)CC1)N1CC[C@H]2CCCC[C@H]2C1. The van der Waals surface area contributed by atoms with E-state index >= 15 is 0 Å². The van der Waals surface area contributed by atoms with E-state index in [0.717, 1.165) is 25.4 Å². The molecule has 0 bridgehead atoms. The summed E-state index contributed by atoms with van der Waals surface area (Å²) in [6.45, 7) is 4.67. The predicted octanol–water partition coefficient (Wildman–Crippen LogP) is 0.615. The number of amides is 1. The molecular weight excluding hydrogens is 374 g/mol. The van der Waals surface area contributed by atoms with Gasteiger partial charge in [-0.2, -0.15) is 4.31 Å². The fraction of sp³-hybridized carbons (Fsp3) is 0.667. The molecule has 0 radical (unpaired) electrons. The Morgan fingerprint density at radius 1 is 0.964 bits per heavy atom. The molecule has 0 unspecified atom stereocenters. The smallest absolute Gasteiger partial charge is 0.277 e. The Morgan fingerprint density at radius 2 is 1.64 bits per heavy atom. The van der Waals surface area contributed by atoms with E-state index in [9.17, 15) is 13.2 Å². The highest BCUT2D eigenvalue weighted by atomic mass is 32.2. The number of benzene rings is 1. The van der Waals surface area contributed by atoms with Crippen LogP contribution in [0.1, 0.15) is 32.1 Å². The Balaban J connectivity index is 1.28. The standard InChI is InChI=1S/C21H31N3O3S/c25-21(23-11-10-18-6-4-5-7-19(18)16-23)17-22-12-14-24(15-13-22)28(26,27)20-8-2-1-3-9-20/h1-3,8-9,18-19H,4-7,10-17H2/p+1/t18-,19+/m1/s1. The average molecular weight is 407 g/mol. The van der Waals surface area contributed by atoms with E-state index < -0.39 is 10.0 Å². The molecule has 3 fully saturated rings. The maximum Gasteiger partial charge on any atom is 0.277 e. The summed E-state index contributed by atoms with van der Waals surface area (Å²) >= 11 is 0. The summed E-state index contributed by atoms with van der Waals surface area (Å²) in [6, 6.07) is 8.62. The minimum Gasteiger partial charge on any atom is -0.338 e. The fourth-order valence-electron chi connectivity index (χ4n) is 5.11. The first-order valence-electron chi connectivity index (χ1n) is 10.7. The van der Waals surface area contributed by atoms with Crippen LogP contribution in [0.3, 0.4) is 0 Å². The van der Waals surface area contributed by atoms with Gasteiger partial charge >= 0.3 is 0 Å². The highest BCUT2D eigenvalue weighted by Gasteiger charge is 2.35. The summed E-state index contributed by atoms with van der Waals surface area (Å²) in [5, 5.41) is 0. The van der Waals surface area contributed by atoms with Crippen LogP contribution in [0.5, 0.6) is 0 Å². The zero-order chi connectivity index (χ0) is 19.6. The monoisotopic (exact) mass is 406 g/mol. The summed E-state index contributed by atoms with van der Waals surface area (Å²) in [6.07, 6.45) is 6.45. The number of carbonyl (C=O) groups is 1. The Morgan fingerprint density at radius 3 is 2.36 bits per heavy atom. The van der Waals surface area contributed by atoms with Crippen molar-refractivity contribution < 1.29 is 18.1 Å². The molecule has 154 valence electrons. The van der Waals surface area contributed by atoms with Crippen molar-refractivity contribution in [1.82, 2.24) is 9.21 Å². The molecule has 2 saturated heterocycles. The van der Waals surface area contributed by atoms with Gasteiger partial charge in [-0.3, -0.25) is 4.79 Å². The molecule has 3 aliphatic rings. The first kappa shape index (κ1) is 19.9.